The van der Waals surface area contributed by atoms with Gasteiger partial charge in [-0.05, 0) is 37.3 Å². The van der Waals surface area contributed by atoms with Crippen LogP contribution in [0.5, 0.6) is 0 Å². The predicted octanol–water partition coefficient (Wildman–Crippen LogP) is 3.15. The highest BCUT2D eigenvalue weighted by molar-refractivity contribution is 6.31. The highest BCUT2D eigenvalue weighted by Gasteiger charge is 2.17. The van der Waals surface area contributed by atoms with Crippen LogP contribution in [0.1, 0.15) is 26.7 Å². The zero-order valence-electron chi connectivity index (χ0n) is 12.9. The number of halogens is 1. The molecule has 2 N–H and O–H groups in total. The molecule has 0 saturated carbocycles. The average molecular weight is 347 g/mol. The fourth-order valence-corrected chi connectivity index (χ4v) is 2.51. The zero-order chi connectivity index (χ0) is 17.1. The maximum Gasteiger partial charge on any atom is 0.287 e. The largest absolute Gasteiger partial charge is 0.459 e. The van der Waals surface area contributed by atoms with Crippen molar-refractivity contribution in [2.75, 3.05) is 13.1 Å². The Hall–Kier alpha value is -2.73. The molecule has 0 aliphatic heterocycles. The number of carbonyl (C=O) groups is 2. The lowest BCUT2D eigenvalue weighted by Crippen LogP contribution is -2.34. The summed E-state index contributed by atoms with van der Waals surface area (Å²) in [4.78, 5) is 23.9. The van der Waals surface area contributed by atoms with Crippen LogP contribution < -0.4 is 10.6 Å². The van der Waals surface area contributed by atoms with E-state index in [4.69, 9.17) is 20.4 Å². The maximum absolute atomic E-state index is 12.2. The summed E-state index contributed by atoms with van der Waals surface area (Å²) >= 11 is 5.96. The van der Waals surface area contributed by atoms with Gasteiger partial charge in [-0.25, -0.2) is 0 Å². The Morgan fingerprint density at radius 1 is 1.12 bits per heavy atom. The van der Waals surface area contributed by atoms with Crippen LogP contribution in [0.3, 0.4) is 0 Å². The summed E-state index contributed by atoms with van der Waals surface area (Å²) in [5, 5.41) is 6.74. The van der Waals surface area contributed by atoms with Gasteiger partial charge in [-0.3, -0.25) is 9.59 Å². The molecule has 0 atom stereocenters. The summed E-state index contributed by atoms with van der Waals surface area (Å²) in [5.41, 5.74) is 1.33. The van der Waals surface area contributed by atoms with Gasteiger partial charge in [0.05, 0.1) is 6.26 Å². The molecule has 0 radical (unpaired) electrons. The smallest absolute Gasteiger partial charge is 0.287 e. The van der Waals surface area contributed by atoms with Crippen molar-refractivity contribution in [2.24, 2.45) is 0 Å². The predicted molar refractivity (Wildman–Crippen MR) is 89.3 cm³/mol. The fourth-order valence-electron chi connectivity index (χ4n) is 2.34. The van der Waals surface area contributed by atoms with Crippen molar-refractivity contribution in [2.45, 2.75) is 6.92 Å². The Morgan fingerprint density at radius 3 is 2.58 bits per heavy atom. The molecular formula is C17H15ClN2O4. The van der Waals surface area contributed by atoms with Crippen molar-refractivity contribution >= 4 is 34.4 Å². The third-order valence-electron chi connectivity index (χ3n) is 3.55. The Balaban J connectivity index is 1.57. The van der Waals surface area contributed by atoms with Gasteiger partial charge in [0, 0.05) is 29.1 Å². The van der Waals surface area contributed by atoms with Crippen molar-refractivity contribution in [3.63, 3.8) is 0 Å². The van der Waals surface area contributed by atoms with Gasteiger partial charge in [-0.1, -0.05) is 11.6 Å². The minimum absolute atomic E-state index is 0.228. The lowest BCUT2D eigenvalue weighted by molar-refractivity contribution is 0.0901. The summed E-state index contributed by atoms with van der Waals surface area (Å²) in [5.74, 6) is -0.202. The van der Waals surface area contributed by atoms with Gasteiger partial charge >= 0.3 is 0 Å². The molecule has 2 heterocycles. The molecule has 124 valence electrons. The first-order chi connectivity index (χ1) is 11.6. The van der Waals surface area contributed by atoms with Gasteiger partial charge in [0.25, 0.3) is 11.8 Å². The Morgan fingerprint density at radius 2 is 1.88 bits per heavy atom. The molecule has 3 aromatic rings. The molecule has 3 rings (SSSR count). The molecule has 7 heteroatoms. The second-order valence-electron chi connectivity index (χ2n) is 5.19. The number of amides is 2. The molecule has 0 aliphatic carbocycles. The number of hydrogen-bond donors (Lipinski definition) is 2. The minimum Gasteiger partial charge on any atom is -0.459 e. The van der Waals surface area contributed by atoms with E-state index < -0.39 is 0 Å². The first-order valence-corrected chi connectivity index (χ1v) is 7.72. The summed E-state index contributed by atoms with van der Waals surface area (Å²) < 4.78 is 10.6. The van der Waals surface area contributed by atoms with Gasteiger partial charge in [-0.2, -0.15) is 0 Å². The first kappa shape index (κ1) is 16.1. The second kappa shape index (κ2) is 6.80. The monoisotopic (exact) mass is 346 g/mol. The lowest BCUT2D eigenvalue weighted by Gasteiger charge is -2.05. The van der Waals surface area contributed by atoms with Gasteiger partial charge in [-0.15, -0.1) is 0 Å². The molecule has 0 fully saturated rings. The number of carbonyl (C=O) groups excluding carboxylic acids is 2. The number of aryl methyl sites for hydroxylation is 1. The molecule has 1 aromatic carbocycles. The summed E-state index contributed by atoms with van der Waals surface area (Å²) in [7, 11) is 0. The Kier molecular flexibility index (Phi) is 4.57. The summed E-state index contributed by atoms with van der Waals surface area (Å²) in [6.45, 7) is 2.34. The van der Waals surface area contributed by atoms with E-state index in [1.807, 2.05) is 0 Å². The molecular weight excluding hydrogens is 332 g/mol. The number of rotatable bonds is 5. The van der Waals surface area contributed by atoms with Crippen molar-refractivity contribution in [3.05, 3.63) is 58.7 Å². The highest BCUT2D eigenvalue weighted by atomic mass is 35.5. The summed E-state index contributed by atoms with van der Waals surface area (Å²) in [6.07, 6.45) is 1.42. The van der Waals surface area contributed by atoms with Gasteiger partial charge in [0.2, 0.25) is 0 Å². The number of benzene rings is 1. The fraction of sp³-hybridized carbons (Fsp3) is 0.176. The van der Waals surface area contributed by atoms with E-state index in [1.54, 1.807) is 37.3 Å². The van der Waals surface area contributed by atoms with Crippen LogP contribution in [0.25, 0.3) is 11.0 Å². The van der Waals surface area contributed by atoms with E-state index in [-0.39, 0.29) is 36.4 Å². The van der Waals surface area contributed by atoms with Crippen LogP contribution in [0, 0.1) is 6.92 Å². The molecule has 0 bridgehead atoms. The minimum atomic E-state index is -0.341. The molecule has 2 amide bonds. The first-order valence-electron chi connectivity index (χ1n) is 7.35. The van der Waals surface area contributed by atoms with Crippen LogP contribution >= 0.6 is 11.6 Å². The molecule has 0 spiro atoms. The Labute approximate surface area is 142 Å². The quantitative estimate of drug-likeness (QED) is 0.695. The maximum atomic E-state index is 12.2. The molecule has 0 aliphatic rings. The van der Waals surface area contributed by atoms with E-state index in [1.165, 1.54) is 6.26 Å². The second-order valence-corrected chi connectivity index (χ2v) is 5.62. The lowest BCUT2D eigenvalue weighted by atomic mass is 10.1. The third-order valence-corrected chi connectivity index (χ3v) is 3.78. The van der Waals surface area contributed by atoms with Crippen LogP contribution in [-0.4, -0.2) is 24.9 Å². The van der Waals surface area contributed by atoms with Crippen molar-refractivity contribution < 1.29 is 18.4 Å². The van der Waals surface area contributed by atoms with Crippen LogP contribution in [-0.2, 0) is 0 Å². The van der Waals surface area contributed by atoms with Crippen LogP contribution in [0.4, 0.5) is 0 Å². The number of hydrogen-bond acceptors (Lipinski definition) is 4. The molecule has 0 unspecified atom stereocenters. The standard InChI is InChI=1S/C17H15ClN2O4/c1-10-12-9-11(18)4-5-13(12)24-15(10)17(22)20-7-6-19-16(21)14-3-2-8-23-14/h2-5,8-9H,6-7H2,1H3,(H,19,21)(H,20,22). The van der Waals surface area contributed by atoms with E-state index in [0.717, 1.165) is 10.9 Å². The SMILES string of the molecule is Cc1c(C(=O)NCCNC(=O)c2ccco2)oc2ccc(Cl)cc12. The number of nitrogens with one attached hydrogen (secondary N) is 2. The van der Waals surface area contributed by atoms with E-state index in [9.17, 15) is 9.59 Å². The van der Waals surface area contributed by atoms with Gasteiger partial charge in [0.15, 0.2) is 11.5 Å². The highest BCUT2D eigenvalue weighted by Crippen LogP contribution is 2.27. The third kappa shape index (κ3) is 3.28. The zero-order valence-corrected chi connectivity index (χ0v) is 13.6. The van der Waals surface area contributed by atoms with Crippen molar-refractivity contribution in [1.29, 1.82) is 0 Å². The van der Waals surface area contributed by atoms with Crippen molar-refractivity contribution in [3.8, 4) is 0 Å². The number of fused-ring (bicyclic) bond motifs is 1. The Bertz CT molecular complexity index is 884. The van der Waals surface area contributed by atoms with Crippen LogP contribution in [0.2, 0.25) is 5.02 Å². The van der Waals surface area contributed by atoms with Crippen molar-refractivity contribution in [1.82, 2.24) is 10.6 Å². The molecule has 0 saturated heterocycles. The number of furan rings is 2. The van der Waals surface area contributed by atoms with Crippen LogP contribution in [0.15, 0.2) is 45.4 Å². The average Bonchev–Trinajstić information content (AvgIpc) is 3.20. The van der Waals surface area contributed by atoms with E-state index in [0.29, 0.717) is 10.6 Å². The topological polar surface area (TPSA) is 84.5 Å². The molecule has 2 aromatic heterocycles. The normalized spacial score (nSPS) is 10.8. The van der Waals surface area contributed by atoms with E-state index >= 15 is 0 Å². The molecule has 24 heavy (non-hydrogen) atoms. The van der Waals surface area contributed by atoms with Gasteiger partial charge in [0.1, 0.15) is 5.58 Å². The molecule has 6 nitrogen and oxygen atoms in total. The summed E-state index contributed by atoms with van der Waals surface area (Å²) in [6, 6.07) is 8.39. The van der Waals surface area contributed by atoms with Gasteiger partial charge < -0.3 is 19.5 Å². The van der Waals surface area contributed by atoms with E-state index in [2.05, 4.69) is 10.6 Å².